The van der Waals surface area contributed by atoms with Crippen molar-refractivity contribution in [2.24, 2.45) is 0 Å². The van der Waals surface area contributed by atoms with Crippen LogP contribution in [-0.4, -0.2) is 51.2 Å². The van der Waals surface area contributed by atoms with Crippen molar-refractivity contribution in [3.05, 3.63) is 21.9 Å². The Kier molecular flexibility index (Phi) is 8.38. The second-order valence-electron chi connectivity index (χ2n) is 5.86. The van der Waals surface area contributed by atoms with Gasteiger partial charge in [-0.2, -0.15) is 18.4 Å². The van der Waals surface area contributed by atoms with E-state index in [2.05, 4.69) is 20.0 Å². The molecule has 2 amide bonds. The molecule has 3 N–H and O–H groups in total. The number of hydrogen-bond acceptors (Lipinski definition) is 10. The van der Waals surface area contributed by atoms with Gasteiger partial charge in [0.1, 0.15) is 0 Å². The molecule has 14 heteroatoms. The van der Waals surface area contributed by atoms with Crippen molar-refractivity contribution in [2.45, 2.75) is 26.7 Å². The average molecular weight is 474 g/mol. The lowest BCUT2D eigenvalue weighted by Gasteiger charge is -2.12. The first-order valence-corrected chi connectivity index (χ1v) is 11.4. The summed E-state index contributed by atoms with van der Waals surface area (Å²) in [7, 11) is -1.68. The van der Waals surface area contributed by atoms with Crippen molar-refractivity contribution >= 4 is 45.2 Å². The topological polar surface area (TPSA) is 158 Å². The number of amides is 2. The molecule has 170 valence electrons. The van der Waals surface area contributed by atoms with Crippen molar-refractivity contribution < 1.29 is 32.2 Å². The summed E-state index contributed by atoms with van der Waals surface area (Å²) in [4.78, 5) is 32.8. The van der Waals surface area contributed by atoms with Gasteiger partial charge in [0.05, 0.1) is 38.1 Å². The number of aryl methyl sites for hydroxylation is 1. The minimum atomic E-state index is -4.40. The van der Waals surface area contributed by atoms with Crippen LogP contribution >= 0.6 is 11.3 Å². The Bertz CT molecular complexity index is 1020. The molecule has 2 heterocycles. The fourth-order valence-electron chi connectivity index (χ4n) is 2.36. The van der Waals surface area contributed by atoms with Gasteiger partial charge in [-0.3, -0.25) is 10.0 Å². The molecule has 0 aliphatic carbocycles. The van der Waals surface area contributed by atoms with Gasteiger partial charge < -0.3 is 14.2 Å². The van der Waals surface area contributed by atoms with E-state index in [0.717, 1.165) is 6.42 Å². The summed E-state index contributed by atoms with van der Waals surface area (Å²) in [5, 5.41) is 3.70. The Hall–Kier alpha value is -3.13. The smallest absolute Gasteiger partial charge is 0.341 e. The third-order valence-electron chi connectivity index (χ3n) is 3.63. The van der Waals surface area contributed by atoms with Crippen LogP contribution in [0.1, 0.15) is 35.5 Å². The molecule has 2 aromatic rings. The van der Waals surface area contributed by atoms with E-state index in [0.29, 0.717) is 11.3 Å². The van der Waals surface area contributed by atoms with E-state index in [9.17, 15) is 18.0 Å². The van der Waals surface area contributed by atoms with Crippen molar-refractivity contribution in [2.75, 3.05) is 30.9 Å². The molecule has 0 atom stereocenters. The van der Waals surface area contributed by atoms with E-state index in [1.165, 1.54) is 37.0 Å². The second-order valence-corrected chi connectivity index (χ2v) is 8.24. The van der Waals surface area contributed by atoms with Gasteiger partial charge in [-0.25, -0.2) is 14.3 Å². The molecule has 0 fully saturated rings. The van der Waals surface area contributed by atoms with Gasteiger partial charge in [0.15, 0.2) is 0 Å². The standard InChI is InChI=1S/C17H23N5O7S2/c1-5-7-11-14(10(9-30-11)15(23)29-6-2)21-31(25,26)22-17(24)20-16-18-12(27-3)8-13(19-16)28-4/h8-9,21H,5-7H2,1-4H3,(H2,18,19,20,22,24). The second kappa shape index (κ2) is 10.8. The van der Waals surface area contributed by atoms with Crippen LogP contribution < -0.4 is 24.2 Å². The van der Waals surface area contributed by atoms with Crippen LogP contribution in [0.5, 0.6) is 11.8 Å². The number of thiophene rings is 1. The minimum absolute atomic E-state index is 0.0712. The molecule has 0 bridgehead atoms. The molecule has 0 aliphatic heterocycles. The van der Waals surface area contributed by atoms with E-state index >= 15 is 0 Å². The fraction of sp³-hybridized carbons (Fsp3) is 0.412. The Morgan fingerprint density at radius 1 is 1.13 bits per heavy atom. The number of methoxy groups -OCH3 is 2. The summed E-state index contributed by atoms with van der Waals surface area (Å²) in [6, 6.07) is 0.247. The lowest BCUT2D eigenvalue weighted by molar-refractivity contribution is 0.0528. The number of esters is 1. The maximum Gasteiger partial charge on any atom is 0.341 e. The number of urea groups is 1. The SMILES string of the molecule is CCCc1scc(C(=O)OCC)c1NS(=O)(=O)NC(=O)Nc1nc(OC)cc(OC)n1. The third-order valence-corrected chi connectivity index (χ3v) is 5.60. The highest BCUT2D eigenvalue weighted by atomic mass is 32.2. The zero-order chi connectivity index (χ0) is 23.0. The van der Waals surface area contributed by atoms with E-state index in [4.69, 9.17) is 14.2 Å². The van der Waals surface area contributed by atoms with Crippen molar-refractivity contribution in [3.63, 3.8) is 0 Å². The number of rotatable bonds is 10. The van der Waals surface area contributed by atoms with Crippen LogP contribution in [0, 0.1) is 0 Å². The molecule has 31 heavy (non-hydrogen) atoms. The summed E-state index contributed by atoms with van der Waals surface area (Å²) >= 11 is 1.22. The first-order valence-electron chi connectivity index (χ1n) is 9.09. The summed E-state index contributed by atoms with van der Waals surface area (Å²) in [5.41, 5.74) is 0.145. The van der Waals surface area contributed by atoms with Gasteiger partial charge in [0.2, 0.25) is 17.7 Å². The molecule has 2 aromatic heterocycles. The van der Waals surface area contributed by atoms with Crippen LogP contribution in [0.3, 0.4) is 0 Å². The number of hydrogen-bond donors (Lipinski definition) is 3. The largest absolute Gasteiger partial charge is 0.481 e. The maximum absolute atomic E-state index is 12.5. The molecular weight excluding hydrogens is 450 g/mol. The van der Waals surface area contributed by atoms with Crippen LogP contribution in [0.4, 0.5) is 16.4 Å². The van der Waals surface area contributed by atoms with E-state index in [-0.39, 0.29) is 35.6 Å². The third kappa shape index (κ3) is 6.68. The summed E-state index contributed by atoms with van der Waals surface area (Å²) in [5.74, 6) is -0.701. The van der Waals surface area contributed by atoms with E-state index in [1.807, 2.05) is 6.92 Å². The van der Waals surface area contributed by atoms with E-state index in [1.54, 1.807) is 11.6 Å². The maximum atomic E-state index is 12.5. The fourth-order valence-corrected chi connectivity index (χ4v) is 4.35. The highest BCUT2D eigenvalue weighted by Gasteiger charge is 2.24. The molecule has 0 unspecified atom stereocenters. The van der Waals surface area contributed by atoms with Crippen LogP contribution in [0.2, 0.25) is 0 Å². The monoisotopic (exact) mass is 473 g/mol. The minimum Gasteiger partial charge on any atom is -0.481 e. The number of nitrogens with one attached hydrogen (secondary N) is 3. The summed E-state index contributed by atoms with van der Waals surface area (Å²) in [6.45, 7) is 3.69. The van der Waals surface area contributed by atoms with E-state index < -0.39 is 22.2 Å². The van der Waals surface area contributed by atoms with Gasteiger partial charge in [0.25, 0.3) is 0 Å². The Labute approximate surface area is 183 Å². The number of carbonyl (C=O) groups is 2. The molecule has 0 saturated carbocycles. The molecule has 0 radical (unpaired) electrons. The molecule has 0 aliphatic rings. The first-order chi connectivity index (χ1) is 14.7. The van der Waals surface area contributed by atoms with Crippen LogP contribution in [0.25, 0.3) is 0 Å². The van der Waals surface area contributed by atoms with Crippen LogP contribution in [0.15, 0.2) is 11.4 Å². The van der Waals surface area contributed by atoms with Gasteiger partial charge in [-0.15, -0.1) is 11.3 Å². The number of nitrogens with zero attached hydrogens (tertiary/aromatic N) is 2. The average Bonchev–Trinajstić information content (AvgIpc) is 3.09. The van der Waals surface area contributed by atoms with Crippen LogP contribution in [-0.2, 0) is 21.4 Å². The van der Waals surface area contributed by atoms with Crippen molar-refractivity contribution in [1.29, 1.82) is 0 Å². The highest BCUT2D eigenvalue weighted by Crippen LogP contribution is 2.31. The summed E-state index contributed by atoms with van der Waals surface area (Å²) < 4.78 is 44.0. The van der Waals surface area contributed by atoms with Gasteiger partial charge in [0, 0.05) is 10.3 Å². The lowest BCUT2D eigenvalue weighted by atomic mass is 10.2. The Balaban J connectivity index is 2.19. The number of carbonyl (C=O) groups excluding carboxylic acids is 2. The highest BCUT2D eigenvalue weighted by molar-refractivity contribution is 7.91. The Morgan fingerprint density at radius 3 is 2.32 bits per heavy atom. The van der Waals surface area contributed by atoms with Gasteiger partial charge in [-0.1, -0.05) is 13.3 Å². The molecular formula is C17H23N5O7S2. The Morgan fingerprint density at radius 2 is 1.77 bits per heavy atom. The molecule has 0 saturated heterocycles. The van der Waals surface area contributed by atoms with Gasteiger partial charge >= 0.3 is 22.2 Å². The number of anilines is 2. The van der Waals surface area contributed by atoms with Crippen molar-refractivity contribution in [1.82, 2.24) is 14.7 Å². The zero-order valence-corrected chi connectivity index (χ0v) is 19.0. The lowest BCUT2D eigenvalue weighted by Crippen LogP contribution is -2.39. The quantitative estimate of drug-likeness (QED) is 0.440. The molecule has 0 spiro atoms. The zero-order valence-electron chi connectivity index (χ0n) is 17.3. The van der Waals surface area contributed by atoms with Gasteiger partial charge in [-0.05, 0) is 13.3 Å². The number of aromatic nitrogens is 2. The molecule has 12 nitrogen and oxygen atoms in total. The predicted molar refractivity (Wildman–Crippen MR) is 114 cm³/mol. The number of ether oxygens (including phenoxy) is 3. The first kappa shape index (κ1) is 24.1. The molecule has 2 rings (SSSR count). The van der Waals surface area contributed by atoms with Crippen molar-refractivity contribution in [3.8, 4) is 11.8 Å². The summed E-state index contributed by atoms with van der Waals surface area (Å²) in [6.07, 6.45) is 1.26. The predicted octanol–water partition coefficient (Wildman–Crippen LogP) is 2.16. The molecule has 0 aromatic carbocycles. The normalized spacial score (nSPS) is 10.8.